The molecule has 2 atom stereocenters. The molecule has 3 aliphatic heterocycles. The number of likely N-dealkylation sites (tertiary alicyclic amines) is 1. The number of hydrogen-bond acceptors (Lipinski definition) is 6. The van der Waals surface area contributed by atoms with E-state index in [-0.39, 0.29) is 35.3 Å². The fraction of sp³-hybridized carbons (Fsp3) is 0.531. The maximum absolute atomic E-state index is 14.4. The molecule has 1 amide bonds. The van der Waals surface area contributed by atoms with Crippen LogP contribution < -0.4 is 10.2 Å². The molecule has 8 nitrogen and oxygen atoms in total. The van der Waals surface area contributed by atoms with Gasteiger partial charge < -0.3 is 19.5 Å². The number of halogens is 3. The van der Waals surface area contributed by atoms with E-state index in [2.05, 4.69) is 27.3 Å². The Kier molecular flexibility index (Phi) is 7.10. The van der Waals surface area contributed by atoms with E-state index in [9.17, 15) is 18.0 Å². The van der Waals surface area contributed by atoms with Gasteiger partial charge in [0, 0.05) is 44.5 Å². The minimum Gasteiger partial charge on any atom is -0.372 e. The summed E-state index contributed by atoms with van der Waals surface area (Å²) in [4.78, 5) is 17.4. The van der Waals surface area contributed by atoms with Crippen LogP contribution in [0.4, 0.5) is 18.9 Å². The van der Waals surface area contributed by atoms with Crippen LogP contribution in [-0.4, -0.2) is 64.0 Å². The molecule has 1 aromatic heterocycles. The molecule has 11 heteroatoms. The standard InChI is InChI=1S/C32H37F3N6O2/c1-20-13-31(14-20,30-38-37-19-39(30)2)22-4-3-5-23(12-22)41-18-27-26(29(41)42)10-21(11-28(27)32(33,34)35)16-40-9-7-25(17-40)43-24-6-8-36-15-24/h3-5,10-12,19-20,24-25,36H,6-9,13-18H2,1-2H3/t20?,24-,25+,31?/m0/s1. The van der Waals surface area contributed by atoms with Crippen LogP contribution in [0.1, 0.15) is 71.0 Å². The first-order valence-electron chi connectivity index (χ1n) is 15.2. The van der Waals surface area contributed by atoms with Crippen LogP contribution in [0.2, 0.25) is 0 Å². The van der Waals surface area contributed by atoms with E-state index >= 15 is 0 Å². The van der Waals surface area contributed by atoms with Crippen LogP contribution in [0.25, 0.3) is 0 Å². The van der Waals surface area contributed by atoms with Crippen LogP contribution in [0.3, 0.4) is 0 Å². The van der Waals surface area contributed by atoms with Gasteiger partial charge in [0.25, 0.3) is 5.91 Å². The molecule has 1 aliphatic carbocycles. The van der Waals surface area contributed by atoms with Gasteiger partial charge >= 0.3 is 6.18 Å². The number of carbonyl (C=O) groups is 1. The van der Waals surface area contributed by atoms with Crippen molar-refractivity contribution in [1.29, 1.82) is 0 Å². The molecule has 3 aromatic rings. The number of anilines is 1. The molecule has 2 aromatic carbocycles. The van der Waals surface area contributed by atoms with E-state index in [1.165, 1.54) is 11.0 Å². The zero-order valence-electron chi connectivity index (χ0n) is 24.5. The molecule has 0 bridgehead atoms. The van der Waals surface area contributed by atoms with E-state index in [0.717, 1.165) is 56.7 Å². The Morgan fingerprint density at radius 2 is 1.98 bits per heavy atom. The number of hydrogen-bond donors (Lipinski definition) is 1. The van der Waals surface area contributed by atoms with E-state index in [4.69, 9.17) is 4.74 Å². The van der Waals surface area contributed by atoms with Crippen molar-refractivity contribution in [2.24, 2.45) is 13.0 Å². The fourth-order valence-corrected chi connectivity index (χ4v) is 7.71. The highest BCUT2D eigenvalue weighted by Crippen LogP contribution is 2.52. The molecule has 0 radical (unpaired) electrons. The van der Waals surface area contributed by atoms with Gasteiger partial charge in [-0.25, -0.2) is 0 Å². The summed E-state index contributed by atoms with van der Waals surface area (Å²) in [5, 5.41) is 11.8. The first-order valence-corrected chi connectivity index (χ1v) is 15.2. The van der Waals surface area contributed by atoms with Gasteiger partial charge in [-0.15, -0.1) is 10.2 Å². The third-order valence-electron chi connectivity index (χ3n) is 9.69. The Labute approximate surface area is 249 Å². The summed E-state index contributed by atoms with van der Waals surface area (Å²) in [6, 6.07) is 10.6. The zero-order valence-corrected chi connectivity index (χ0v) is 24.5. The lowest BCUT2D eigenvalue weighted by molar-refractivity contribution is -0.138. The van der Waals surface area contributed by atoms with Gasteiger partial charge in [-0.2, -0.15) is 13.2 Å². The summed E-state index contributed by atoms with van der Waals surface area (Å²) in [6.45, 7) is 5.65. The number of nitrogens with one attached hydrogen (secondary N) is 1. The van der Waals surface area contributed by atoms with Crippen molar-refractivity contribution in [3.63, 3.8) is 0 Å². The lowest BCUT2D eigenvalue weighted by Crippen LogP contribution is -2.43. The van der Waals surface area contributed by atoms with Gasteiger partial charge in [-0.1, -0.05) is 19.1 Å². The normalized spacial score (nSPS) is 27.6. The minimum absolute atomic E-state index is 0.0447. The lowest BCUT2D eigenvalue weighted by Gasteiger charge is -2.46. The Hall–Kier alpha value is -3.28. The van der Waals surface area contributed by atoms with Crippen molar-refractivity contribution in [2.45, 2.75) is 69.5 Å². The van der Waals surface area contributed by atoms with Crippen LogP contribution in [-0.2, 0) is 36.5 Å². The molecule has 43 heavy (non-hydrogen) atoms. The largest absolute Gasteiger partial charge is 0.416 e. The predicted octanol–water partition coefficient (Wildman–Crippen LogP) is 4.66. The summed E-state index contributed by atoms with van der Waals surface area (Å²) in [5.74, 6) is 0.964. The number of aromatic nitrogens is 3. The van der Waals surface area contributed by atoms with E-state index < -0.39 is 17.6 Å². The third kappa shape index (κ3) is 5.15. The number of rotatable bonds is 7. The van der Waals surface area contributed by atoms with Crippen LogP contribution >= 0.6 is 0 Å². The van der Waals surface area contributed by atoms with Gasteiger partial charge in [-0.3, -0.25) is 9.69 Å². The van der Waals surface area contributed by atoms with Gasteiger partial charge in [0.2, 0.25) is 0 Å². The average Bonchev–Trinajstić information content (AvgIpc) is 3.76. The molecule has 4 heterocycles. The number of aryl methyl sites for hydroxylation is 1. The van der Waals surface area contributed by atoms with E-state index in [1.54, 1.807) is 18.5 Å². The second kappa shape index (κ2) is 10.7. The maximum atomic E-state index is 14.4. The first kappa shape index (κ1) is 28.5. The highest BCUT2D eigenvalue weighted by atomic mass is 19.4. The summed E-state index contributed by atoms with van der Waals surface area (Å²) < 4.78 is 51.3. The van der Waals surface area contributed by atoms with Gasteiger partial charge in [0.15, 0.2) is 0 Å². The van der Waals surface area contributed by atoms with Gasteiger partial charge in [0.05, 0.1) is 29.7 Å². The molecular formula is C32H37F3N6O2. The number of fused-ring (bicyclic) bond motifs is 1. The molecule has 1 saturated carbocycles. The average molecular weight is 595 g/mol. The second-order valence-corrected chi connectivity index (χ2v) is 12.9. The number of benzene rings is 2. The lowest BCUT2D eigenvalue weighted by atomic mass is 9.58. The van der Waals surface area contributed by atoms with Crippen molar-refractivity contribution in [3.05, 3.63) is 76.4 Å². The molecule has 7 rings (SSSR count). The number of ether oxygens (including phenoxy) is 1. The number of alkyl halides is 3. The Balaban J connectivity index is 1.15. The highest BCUT2D eigenvalue weighted by molar-refractivity contribution is 6.10. The quantitative estimate of drug-likeness (QED) is 0.429. The number of carbonyl (C=O) groups excluding carboxylic acids is 1. The van der Waals surface area contributed by atoms with Crippen molar-refractivity contribution in [3.8, 4) is 0 Å². The van der Waals surface area contributed by atoms with Crippen molar-refractivity contribution in [2.75, 3.05) is 31.1 Å². The summed E-state index contributed by atoms with van der Waals surface area (Å²) in [7, 11) is 1.92. The van der Waals surface area contributed by atoms with Crippen molar-refractivity contribution >= 4 is 11.6 Å². The third-order valence-corrected chi connectivity index (χ3v) is 9.69. The van der Waals surface area contributed by atoms with Crippen LogP contribution in [0.15, 0.2) is 42.7 Å². The number of amides is 1. The molecule has 2 saturated heterocycles. The van der Waals surface area contributed by atoms with Crippen LogP contribution in [0, 0.1) is 5.92 Å². The second-order valence-electron chi connectivity index (χ2n) is 12.9. The molecule has 4 aliphatic rings. The molecule has 3 fully saturated rings. The summed E-state index contributed by atoms with van der Waals surface area (Å²) in [5.41, 5.74) is 1.21. The summed E-state index contributed by atoms with van der Waals surface area (Å²) in [6.07, 6.45) is 1.01. The van der Waals surface area contributed by atoms with E-state index in [0.29, 0.717) is 30.3 Å². The smallest absolute Gasteiger partial charge is 0.372 e. The zero-order chi connectivity index (χ0) is 29.9. The number of nitrogens with zero attached hydrogens (tertiary/aromatic N) is 5. The van der Waals surface area contributed by atoms with E-state index in [1.807, 2.05) is 29.8 Å². The Bertz CT molecular complexity index is 1530. The Morgan fingerprint density at radius 1 is 1.14 bits per heavy atom. The minimum atomic E-state index is -4.57. The van der Waals surface area contributed by atoms with Crippen molar-refractivity contribution in [1.82, 2.24) is 25.0 Å². The molecule has 0 unspecified atom stereocenters. The fourth-order valence-electron chi connectivity index (χ4n) is 7.71. The maximum Gasteiger partial charge on any atom is 0.416 e. The monoisotopic (exact) mass is 594 g/mol. The molecular weight excluding hydrogens is 557 g/mol. The first-order chi connectivity index (χ1) is 20.6. The topological polar surface area (TPSA) is 75.5 Å². The van der Waals surface area contributed by atoms with Gasteiger partial charge in [-0.05, 0) is 79.1 Å². The van der Waals surface area contributed by atoms with Crippen LogP contribution in [0.5, 0.6) is 0 Å². The van der Waals surface area contributed by atoms with Gasteiger partial charge in [0.1, 0.15) is 12.2 Å². The SMILES string of the molecule is CC1CC(c2cccc(N3Cc4c(cc(CN5CC[C@@H](O[C@H]6CCNC6)C5)cc4C(F)(F)F)C3=O)c2)(c2nncn2C)C1. The summed E-state index contributed by atoms with van der Waals surface area (Å²) >= 11 is 0. The van der Waals surface area contributed by atoms with Crippen molar-refractivity contribution < 1.29 is 22.7 Å². The molecule has 1 N–H and O–H groups in total. The molecule has 228 valence electrons. The Morgan fingerprint density at radius 3 is 2.67 bits per heavy atom. The molecule has 0 spiro atoms. The predicted molar refractivity (Wildman–Crippen MR) is 155 cm³/mol. The highest BCUT2D eigenvalue weighted by Gasteiger charge is 2.48.